The summed E-state index contributed by atoms with van der Waals surface area (Å²) in [7, 11) is 0. The maximum Gasteiger partial charge on any atom is 0.275 e. The molecule has 0 radical (unpaired) electrons. The number of amides is 1. The van der Waals surface area contributed by atoms with Crippen LogP contribution in [-0.2, 0) is 4.79 Å². The van der Waals surface area contributed by atoms with E-state index < -0.39 is 0 Å². The van der Waals surface area contributed by atoms with E-state index in [0.717, 1.165) is 10.4 Å². The van der Waals surface area contributed by atoms with E-state index in [9.17, 15) is 9.18 Å². The second-order valence-corrected chi connectivity index (χ2v) is 8.09. The molecule has 0 bridgehead atoms. The van der Waals surface area contributed by atoms with Crippen molar-refractivity contribution in [2.75, 3.05) is 6.54 Å². The largest absolute Gasteiger partial charge is 0.339 e. The van der Waals surface area contributed by atoms with Crippen molar-refractivity contribution in [2.45, 2.75) is 57.0 Å². The molecule has 0 spiro atoms. The molecule has 1 fully saturated rings. The van der Waals surface area contributed by atoms with Gasteiger partial charge in [0.2, 0.25) is 0 Å². The van der Waals surface area contributed by atoms with E-state index in [1.807, 2.05) is 17.5 Å². The fourth-order valence-corrected chi connectivity index (χ4v) is 4.45. The summed E-state index contributed by atoms with van der Waals surface area (Å²) < 4.78 is 13.3. The Bertz CT molecular complexity index is 664. The van der Waals surface area contributed by atoms with Crippen molar-refractivity contribution in [1.29, 1.82) is 0 Å². The molecule has 3 rings (SSSR count). The Kier molecular flexibility index (Phi) is 7.21. The first-order chi connectivity index (χ1) is 12.7. The minimum absolute atomic E-state index is 0.0368. The smallest absolute Gasteiger partial charge is 0.275 e. The summed E-state index contributed by atoms with van der Waals surface area (Å²) in [6.45, 7) is 0.452. The zero-order valence-corrected chi connectivity index (χ0v) is 15.9. The number of quaternary nitrogens is 1. The molecular formula is C21H28FN2OS+. The van der Waals surface area contributed by atoms with Crippen molar-refractivity contribution < 1.29 is 14.5 Å². The average Bonchev–Trinajstić information content (AvgIpc) is 3.14. The molecule has 2 aromatic rings. The van der Waals surface area contributed by atoms with Crippen LogP contribution in [0.2, 0.25) is 0 Å². The summed E-state index contributed by atoms with van der Waals surface area (Å²) in [6.07, 6.45) is 8.96. The van der Waals surface area contributed by atoms with Gasteiger partial charge in [-0.3, -0.25) is 4.79 Å². The van der Waals surface area contributed by atoms with Gasteiger partial charge < -0.3 is 10.6 Å². The van der Waals surface area contributed by atoms with Crippen LogP contribution < -0.4 is 10.6 Å². The lowest BCUT2D eigenvalue weighted by molar-refractivity contribution is -0.680. The fraction of sp³-hybridized carbons (Fsp3) is 0.476. The number of hydrogen-bond donors (Lipinski definition) is 2. The van der Waals surface area contributed by atoms with Crippen LogP contribution in [-0.4, -0.2) is 18.5 Å². The van der Waals surface area contributed by atoms with Gasteiger partial charge in [-0.2, -0.15) is 0 Å². The molecule has 0 saturated heterocycles. The highest BCUT2D eigenvalue weighted by molar-refractivity contribution is 7.10. The Hall–Kier alpha value is -1.72. The van der Waals surface area contributed by atoms with Crippen molar-refractivity contribution in [2.24, 2.45) is 0 Å². The first-order valence-electron chi connectivity index (χ1n) is 9.64. The zero-order chi connectivity index (χ0) is 18.2. The minimum atomic E-state index is -0.261. The summed E-state index contributed by atoms with van der Waals surface area (Å²) >= 11 is 1.60. The van der Waals surface area contributed by atoms with Gasteiger partial charge in [0.15, 0.2) is 6.54 Å². The van der Waals surface area contributed by atoms with Crippen LogP contribution in [0.25, 0.3) is 0 Å². The molecule has 1 amide bonds. The average molecular weight is 376 g/mol. The van der Waals surface area contributed by atoms with Gasteiger partial charge in [-0.15, -0.1) is 11.3 Å². The van der Waals surface area contributed by atoms with Gasteiger partial charge in [0.25, 0.3) is 5.91 Å². The predicted molar refractivity (Wildman–Crippen MR) is 104 cm³/mol. The predicted octanol–water partition coefficient (Wildman–Crippen LogP) is 3.77. The van der Waals surface area contributed by atoms with Gasteiger partial charge in [0.05, 0.1) is 12.1 Å². The summed E-state index contributed by atoms with van der Waals surface area (Å²) in [6, 6.07) is 10.7. The number of carbonyl (C=O) groups is 1. The van der Waals surface area contributed by atoms with Crippen LogP contribution in [0.4, 0.5) is 4.39 Å². The third-order valence-electron chi connectivity index (χ3n) is 5.12. The van der Waals surface area contributed by atoms with E-state index in [2.05, 4.69) is 10.6 Å². The molecule has 5 heteroatoms. The number of nitrogens with two attached hydrogens (primary N) is 1. The van der Waals surface area contributed by atoms with Crippen LogP contribution in [0, 0.1) is 5.82 Å². The van der Waals surface area contributed by atoms with Crippen molar-refractivity contribution in [1.82, 2.24) is 5.32 Å². The maximum atomic E-state index is 13.3. The van der Waals surface area contributed by atoms with Gasteiger partial charge >= 0.3 is 0 Å². The fourth-order valence-electron chi connectivity index (χ4n) is 3.65. The van der Waals surface area contributed by atoms with Crippen LogP contribution in [0.1, 0.15) is 61.4 Å². The standard InChI is InChI=1S/C21H27FN2OS/c22-17-12-10-16(11-13-17)21(19-9-6-14-26-19)24-20(25)15-23-18-7-4-2-1-3-5-8-18/h6,9-14,18,21,23H,1-5,7-8,15H2,(H,24,25)/p+1/t21-/m0/s1. The molecule has 26 heavy (non-hydrogen) atoms. The molecule has 0 aliphatic heterocycles. The van der Waals surface area contributed by atoms with E-state index in [4.69, 9.17) is 0 Å². The van der Waals surface area contributed by atoms with E-state index >= 15 is 0 Å². The second-order valence-electron chi connectivity index (χ2n) is 7.11. The number of carbonyl (C=O) groups excluding carboxylic acids is 1. The molecule has 1 heterocycles. The van der Waals surface area contributed by atoms with E-state index in [-0.39, 0.29) is 17.8 Å². The molecule has 140 valence electrons. The van der Waals surface area contributed by atoms with Crippen LogP contribution in [0.3, 0.4) is 0 Å². The highest BCUT2D eigenvalue weighted by atomic mass is 32.1. The number of thiophene rings is 1. The monoisotopic (exact) mass is 375 g/mol. The topological polar surface area (TPSA) is 45.7 Å². The van der Waals surface area contributed by atoms with Crippen molar-refractivity contribution >= 4 is 17.2 Å². The highest BCUT2D eigenvalue weighted by Gasteiger charge is 2.20. The molecule has 1 atom stereocenters. The van der Waals surface area contributed by atoms with E-state index in [0.29, 0.717) is 12.6 Å². The number of rotatable bonds is 6. The van der Waals surface area contributed by atoms with Crippen LogP contribution in [0.15, 0.2) is 41.8 Å². The third kappa shape index (κ3) is 5.64. The summed E-state index contributed by atoms with van der Waals surface area (Å²) in [5.41, 5.74) is 0.910. The van der Waals surface area contributed by atoms with Gasteiger partial charge in [-0.25, -0.2) is 4.39 Å². The lowest BCUT2D eigenvalue weighted by Gasteiger charge is -2.20. The number of halogens is 1. The third-order valence-corrected chi connectivity index (χ3v) is 6.06. The minimum Gasteiger partial charge on any atom is -0.339 e. The molecule has 1 aliphatic rings. The van der Waals surface area contributed by atoms with Gasteiger partial charge in [0, 0.05) is 4.88 Å². The number of hydrogen-bond acceptors (Lipinski definition) is 2. The molecule has 1 aromatic carbocycles. The Labute approximate surface area is 159 Å². The SMILES string of the molecule is O=C(C[NH2+]C1CCCCCCC1)N[C@@H](c1ccc(F)cc1)c1cccs1. The Morgan fingerprint density at radius 1 is 1.12 bits per heavy atom. The Morgan fingerprint density at radius 2 is 1.81 bits per heavy atom. The lowest BCUT2D eigenvalue weighted by atomic mass is 9.97. The van der Waals surface area contributed by atoms with Gasteiger partial charge in [0.1, 0.15) is 5.82 Å². The van der Waals surface area contributed by atoms with Crippen molar-refractivity contribution in [3.05, 3.63) is 58.0 Å². The number of benzene rings is 1. The normalized spacial score (nSPS) is 17.3. The quantitative estimate of drug-likeness (QED) is 0.793. The number of nitrogens with one attached hydrogen (secondary N) is 1. The lowest BCUT2D eigenvalue weighted by Crippen LogP contribution is -2.92. The van der Waals surface area contributed by atoms with Gasteiger partial charge in [-0.05, 0) is 54.8 Å². The van der Waals surface area contributed by atoms with Crippen LogP contribution >= 0.6 is 11.3 Å². The van der Waals surface area contributed by atoms with Crippen molar-refractivity contribution in [3.8, 4) is 0 Å². The second kappa shape index (κ2) is 9.83. The molecule has 1 saturated carbocycles. The van der Waals surface area contributed by atoms with Crippen LogP contribution in [0.5, 0.6) is 0 Å². The summed E-state index contributed by atoms with van der Waals surface area (Å²) in [5, 5.41) is 7.34. The first kappa shape index (κ1) is 19.1. The molecule has 3 N–H and O–H groups in total. The first-order valence-corrected chi connectivity index (χ1v) is 10.5. The maximum absolute atomic E-state index is 13.3. The Morgan fingerprint density at radius 3 is 2.46 bits per heavy atom. The van der Waals surface area contributed by atoms with E-state index in [1.165, 1.54) is 57.1 Å². The summed E-state index contributed by atoms with van der Waals surface area (Å²) in [4.78, 5) is 13.6. The van der Waals surface area contributed by atoms with Crippen molar-refractivity contribution in [3.63, 3.8) is 0 Å². The molecule has 0 unspecified atom stereocenters. The summed E-state index contributed by atoms with van der Waals surface area (Å²) in [5.74, 6) is -0.225. The molecular weight excluding hydrogens is 347 g/mol. The van der Waals surface area contributed by atoms with Gasteiger partial charge in [-0.1, -0.05) is 37.5 Å². The zero-order valence-electron chi connectivity index (χ0n) is 15.1. The molecule has 3 nitrogen and oxygen atoms in total. The van der Waals surface area contributed by atoms with E-state index in [1.54, 1.807) is 23.5 Å². The molecule has 1 aliphatic carbocycles. The Balaban J connectivity index is 1.59. The highest BCUT2D eigenvalue weighted by Crippen LogP contribution is 2.26. The molecule has 1 aromatic heterocycles.